The average molecular weight is 212 g/mol. The van der Waals surface area contributed by atoms with E-state index in [-0.39, 0.29) is 11.7 Å². The SMILES string of the molecule is CCCC(C)C(=O)c1ccnc(Cl)c1. The minimum absolute atomic E-state index is 0.0680. The predicted octanol–water partition coefficient (Wildman–Crippen LogP) is 3.35. The van der Waals surface area contributed by atoms with E-state index in [0.717, 1.165) is 12.8 Å². The van der Waals surface area contributed by atoms with Crippen molar-refractivity contribution in [2.45, 2.75) is 26.7 Å². The Kier molecular flexibility index (Phi) is 4.08. The molecule has 0 spiro atoms. The second-order valence-electron chi connectivity index (χ2n) is 3.42. The van der Waals surface area contributed by atoms with Crippen LogP contribution in [0, 0.1) is 5.92 Å². The summed E-state index contributed by atoms with van der Waals surface area (Å²) in [4.78, 5) is 15.6. The van der Waals surface area contributed by atoms with Crippen molar-refractivity contribution in [2.75, 3.05) is 0 Å². The smallest absolute Gasteiger partial charge is 0.165 e. The minimum atomic E-state index is 0.0680. The van der Waals surface area contributed by atoms with Gasteiger partial charge < -0.3 is 0 Å². The largest absolute Gasteiger partial charge is 0.294 e. The molecule has 1 atom stereocenters. The van der Waals surface area contributed by atoms with E-state index in [2.05, 4.69) is 11.9 Å². The van der Waals surface area contributed by atoms with Crippen molar-refractivity contribution in [3.8, 4) is 0 Å². The van der Waals surface area contributed by atoms with Crippen LogP contribution in [0.5, 0.6) is 0 Å². The molecule has 0 aliphatic heterocycles. The van der Waals surface area contributed by atoms with Gasteiger partial charge in [0.15, 0.2) is 5.78 Å². The summed E-state index contributed by atoms with van der Waals surface area (Å²) >= 11 is 5.71. The van der Waals surface area contributed by atoms with E-state index >= 15 is 0 Å². The Labute approximate surface area is 89.3 Å². The highest BCUT2D eigenvalue weighted by atomic mass is 35.5. The van der Waals surface area contributed by atoms with Gasteiger partial charge in [0.1, 0.15) is 5.15 Å². The quantitative estimate of drug-likeness (QED) is 0.565. The molecule has 1 aromatic rings. The lowest BCUT2D eigenvalue weighted by Crippen LogP contribution is -2.10. The molecule has 1 unspecified atom stereocenters. The molecule has 0 aliphatic carbocycles. The van der Waals surface area contributed by atoms with Gasteiger partial charge in [0.25, 0.3) is 0 Å². The van der Waals surface area contributed by atoms with Crippen LogP contribution in [0.15, 0.2) is 18.3 Å². The van der Waals surface area contributed by atoms with Crippen molar-refractivity contribution in [1.82, 2.24) is 4.98 Å². The van der Waals surface area contributed by atoms with Gasteiger partial charge in [-0.1, -0.05) is 31.9 Å². The number of carbonyl (C=O) groups excluding carboxylic acids is 1. The molecule has 0 aromatic carbocycles. The Hall–Kier alpha value is -0.890. The predicted molar refractivity (Wildman–Crippen MR) is 57.6 cm³/mol. The van der Waals surface area contributed by atoms with E-state index in [4.69, 9.17) is 11.6 Å². The molecule has 0 fully saturated rings. The number of hydrogen-bond acceptors (Lipinski definition) is 2. The Morgan fingerprint density at radius 3 is 2.93 bits per heavy atom. The molecular weight excluding hydrogens is 198 g/mol. The van der Waals surface area contributed by atoms with Crippen molar-refractivity contribution in [3.05, 3.63) is 29.0 Å². The van der Waals surface area contributed by atoms with Gasteiger partial charge in [0, 0.05) is 17.7 Å². The first-order valence-electron chi connectivity index (χ1n) is 4.81. The van der Waals surface area contributed by atoms with Crippen molar-refractivity contribution in [3.63, 3.8) is 0 Å². The number of Topliss-reactive ketones (excluding diaryl/α,β-unsaturated/α-hetero) is 1. The first-order chi connectivity index (χ1) is 6.65. The fourth-order valence-electron chi connectivity index (χ4n) is 1.40. The molecule has 0 saturated heterocycles. The first kappa shape index (κ1) is 11.2. The van der Waals surface area contributed by atoms with E-state index in [9.17, 15) is 4.79 Å². The summed E-state index contributed by atoms with van der Waals surface area (Å²) in [6, 6.07) is 3.33. The van der Waals surface area contributed by atoms with E-state index in [1.165, 1.54) is 0 Å². The second kappa shape index (κ2) is 5.11. The minimum Gasteiger partial charge on any atom is -0.294 e. The fraction of sp³-hybridized carbons (Fsp3) is 0.455. The van der Waals surface area contributed by atoms with Crippen LogP contribution in [0.2, 0.25) is 5.15 Å². The van der Waals surface area contributed by atoms with Crippen LogP contribution in [0.1, 0.15) is 37.0 Å². The Bertz CT molecular complexity index is 325. The van der Waals surface area contributed by atoms with Gasteiger partial charge in [-0.25, -0.2) is 4.98 Å². The number of ketones is 1. The van der Waals surface area contributed by atoms with Crippen LogP contribution in [0.3, 0.4) is 0 Å². The molecule has 1 aromatic heterocycles. The maximum absolute atomic E-state index is 11.8. The Balaban J connectivity index is 2.78. The third kappa shape index (κ3) is 2.81. The molecule has 0 saturated carbocycles. The topological polar surface area (TPSA) is 30.0 Å². The Morgan fingerprint density at radius 2 is 2.36 bits per heavy atom. The number of nitrogens with zero attached hydrogens (tertiary/aromatic N) is 1. The molecule has 3 heteroatoms. The summed E-state index contributed by atoms with van der Waals surface area (Å²) < 4.78 is 0. The van der Waals surface area contributed by atoms with Gasteiger partial charge in [-0.15, -0.1) is 0 Å². The standard InChI is InChI=1S/C11H14ClNO/c1-3-4-8(2)11(14)9-5-6-13-10(12)7-9/h5-8H,3-4H2,1-2H3. The number of carbonyl (C=O) groups is 1. The summed E-state index contributed by atoms with van der Waals surface area (Å²) in [5.74, 6) is 0.217. The molecule has 2 nitrogen and oxygen atoms in total. The summed E-state index contributed by atoms with van der Waals surface area (Å²) in [5, 5.41) is 0.375. The monoisotopic (exact) mass is 211 g/mol. The van der Waals surface area contributed by atoms with Crippen molar-refractivity contribution < 1.29 is 4.79 Å². The number of pyridine rings is 1. The zero-order valence-corrected chi connectivity index (χ0v) is 9.21. The second-order valence-corrected chi connectivity index (χ2v) is 3.81. The van der Waals surface area contributed by atoms with Crippen LogP contribution in [0.25, 0.3) is 0 Å². The van der Waals surface area contributed by atoms with E-state index in [1.54, 1.807) is 18.3 Å². The van der Waals surface area contributed by atoms with Gasteiger partial charge >= 0.3 is 0 Å². The maximum Gasteiger partial charge on any atom is 0.165 e. The maximum atomic E-state index is 11.8. The molecule has 1 rings (SSSR count). The lowest BCUT2D eigenvalue weighted by Gasteiger charge is -2.08. The molecule has 0 radical (unpaired) electrons. The summed E-state index contributed by atoms with van der Waals surface area (Å²) in [6.07, 6.45) is 3.50. The summed E-state index contributed by atoms with van der Waals surface area (Å²) in [5.41, 5.74) is 0.658. The molecule has 0 bridgehead atoms. The van der Waals surface area contributed by atoms with Gasteiger partial charge in [0.05, 0.1) is 0 Å². The van der Waals surface area contributed by atoms with Crippen LogP contribution in [-0.2, 0) is 0 Å². The van der Waals surface area contributed by atoms with Crippen LogP contribution in [-0.4, -0.2) is 10.8 Å². The Morgan fingerprint density at radius 1 is 1.64 bits per heavy atom. The summed E-state index contributed by atoms with van der Waals surface area (Å²) in [7, 11) is 0. The van der Waals surface area contributed by atoms with Crippen LogP contribution in [0.4, 0.5) is 0 Å². The van der Waals surface area contributed by atoms with Crippen LogP contribution < -0.4 is 0 Å². The third-order valence-electron chi connectivity index (χ3n) is 2.18. The molecule has 14 heavy (non-hydrogen) atoms. The molecule has 0 N–H and O–H groups in total. The molecule has 76 valence electrons. The van der Waals surface area contributed by atoms with Gasteiger partial charge in [-0.2, -0.15) is 0 Å². The number of hydrogen-bond donors (Lipinski definition) is 0. The highest BCUT2D eigenvalue weighted by molar-refractivity contribution is 6.29. The zero-order valence-electron chi connectivity index (χ0n) is 8.46. The van der Waals surface area contributed by atoms with Gasteiger partial charge in [-0.3, -0.25) is 4.79 Å². The fourth-order valence-corrected chi connectivity index (χ4v) is 1.58. The van der Waals surface area contributed by atoms with Crippen molar-refractivity contribution >= 4 is 17.4 Å². The number of aromatic nitrogens is 1. The molecule has 1 heterocycles. The lowest BCUT2D eigenvalue weighted by molar-refractivity contribution is 0.0923. The van der Waals surface area contributed by atoms with Gasteiger partial charge in [-0.05, 0) is 18.6 Å². The van der Waals surface area contributed by atoms with Gasteiger partial charge in [0.2, 0.25) is 0 Å². The number of rotatable bonds is 4. The highest BCUT2D eigenvalue weighted by Gasteiger charge is 2.14. The van der Waals surface area contributed by atoms with E-state index < -0.39 is 0 Å². The van der Waals surface area contributed by atoms with Crippen molar-refractivity contribution in [2.24, 2.45) is 5.92 Å². The summed E-state index contributed by atoms with van der Waals surface area (Å²) in [6.45, 7) is 4.02. The van der Waals surface area contributed by atoms with Crippen LogP contribution >= 0.6 is 11.6 Å². The normalized spacial score (nSPS) is 12.5. The van der Waals surface area contributed by atoms with Crippen molar-refractivity contribution in [1.29, 1.82) is 0 Å². The highest BCUT2D eigenvalue weighted by Crippen LogP contribution is 2.15. The van der Waals surface area contributed by atoms with E-state index in [1.807, 2.05) is 6.92 Å². The zero-order chi connectivity index (χ0) is 10.6. The number of halogens is 1. The van der Waals surface area contributed by atoms with E-state index in [0.29, 0.717) is 10.7 Å². The molecular formula is C11H14ClNO. The molecule has 0 aliphatic rings. The first-order valence-corrected chi connectivity index (χ1v) is 5.18. The molecule has 0 amide bonds. The lowest BCUT2D eigenvalue weighted by atomic mass is 9.96. The average Bonchev–Trinajstić information content (AvgIpc) is 2.17. The third-order valence-corrected chi connectivity index (χ3v) is 2.39.